The highest BCUT2D eigenvalue weighted by molar-refractivity contribution is 7.92. The van der Waals surface area contributed by atoms with Crippen molar-refractivity contribution in [2.24, 2.45) is 0 Å². The molecule has 3 rings (SSSR count). The summed E-state index contributed by atoms with van der Waals surface area (Å²) in [5.74, 6) is -0.273. The molecule has 0 saturated heterocycles. The molecule has 0 heterocycles. The van der Waals surface area contributed by atoms with Crippen LogP contribution in [0.2, 0.25) is 5.02 Å². The van der Waals surface area contributed by atoms with Gasteiger partial charge < -0.3 is 10.1 Å². The Kier molecular flexibility index (Phi) is 8.08. The zero-order chi connectivity index (χ0) is 25.6. The minimum Gasteiger partial charge on any atom is -0.490 e. The average molecular weight is 525 g/mol. The second-order valence-electron chi connectivity index (χ2n) is 7.16. The highest BCUT2D eigenvalue weighted by Crippen LogP contribution is 2.37. The molecule has 0 aliphatic carbocycles. The summed E-state index contributed by atoms with van der Waals surface area (Å²) in [5, 5.41) is 2.26. The van der Waals surface area contributed by atoms with Crippen LogP contribution in [-0.2, 0) is 21.0 Å². The van der Waals surface area contributed by atoms with Crippen LogP contribution in [0.4, 0.5) is 24.5 Å². The number of hydrogen-bond donors (Lipinski definition) is 1. The number of halogens is 4. The fraction of sp³-hybridized carbons (Fsp3) is 0.125. The molecule has 0 radical (unpaired) electrons. The van der Waals surface area contributed by atoms with Crippen LogP contribution in [0.5, 0.6) is 5.75 Å². The van der Waals surface area contributed by atoms with Gasteiger partial charge in [-0.05, 0) is 54.6 Å². The quantitative estimate of drug-likeness (QED) is 0.361. The van der Waals surface area contributed by atoms with Gasteiger partial charge in [0.2, 0.25) is 5.91 Å². The molecule has 0 bridgehead atoms. The molecule has 0 atom stereocenters. The summed E-state index contributed by atoms with van der Waals surface area (Å²) < 4.78 is 72.6. The molecule has 0 unspecified atom stereocenters. The summed E-state index contributed by atoms with van der Waals surface area (Å²) >= 11 is 6.11. The first-order valence-electron chi connectivity index (χ1n) is 10.1. The van der Waals surface area contributed by atoms with Crippen molar-refractivity contribution in [3.8, 4) is 5.75 Å². The van der Waals surface area contributed by atoms with Crippen LogP contribution in [0.15, 0.2) is 90.3 Å². The first-order valence-corrected chi connectivity index (χ1v) is 11.9. The summed E-state index contributed by atoms with van der Waals surface area (Å²) in [5.41, 5.74) is -1.26. The lowest BCUT2D eigenvalue weighted by atomic mass is 10.2. The Morgan fingerprint density at radius 2 is 1.71 bits per heavy atom. The minimum absolute atomic E-state index is 0.218. The third-order valence-electron chi connectivity index (χ3n) is 4.67. The van der Waals surface area contributed by atoms with E-state index < -0.39 is 39.9 Å². The number of amides is 1. The standard InChI is InChI=1S/C24H20ClF3N2O4S/c1-2-14-34-19-11-9-18(10-12-19)29-23(31)16-30(35(32,33)20-6-4-3-5-7-20)22-15-17(24(26,27)28)8-13-21(22)25/h2-13,15H,1,14,16H2,(H,29,31). The Balaban J connectivity index is 1.95. The van der Waals surface area contributed by atoms with E-state index in [1.165, 1.54) is 36.4 Å². The zero-order valence-corrected chi connectivity index (χ0v) is 19.7. The largest absolute Gasteiger partial charge is 0.490 e. The number of rotatable bonds is 9. The molecule has 0 aromatic heterocycles. The first-order chi connectivity index (χ1) is 16.5. The lowest BCUT2D eigenvalue weighted by Crippen LogP contribution is -2.38. The van der Waals surface area contributed by atoms with Crippen LogP contribution >= 0.6 is 11.6 Å². The molecule has 0 aliphatic rings. The number of alkyl halides is 3. The molecule has 1 amide bonds. The van der Waals surface area contributed by atoms with Gasteiger partial charge in [0, 0.05) is 5.69 Å². The van der Waals surface area contributed by atoms with Crippen molar-refractivity contribution in [2.45, 2.75) is 11.1 Å². The van der Waals surface area contributed by atoms with Crippen LogP contribution < -0.4 is 14.4 Å². The molecule has 0 aliphatic heterocycles. The van der Waals surface area contributed by atoms with Crippen LogP contribution in [0.3, 0.4) is 0 Å². The molecule has 3 aromatic rings. The van der Waals surface area contributed by atoms with E-state index in [1.807, 2.05) is 0 Å². The van der Waals surface area contributed by atoms with Gasteiger partial charge in [-0.1, -0.05) is 42.5 Å². The zero-order valence-electron chi connectivity index (χ0n) is 18.1. The normalized spacial score (nSPS) is 11.5. The second kappa shape index (κ2) is 10.8. The molecular formula is C24H20ClF3N2O4S. The molecule has 1 N–H and O–H groups in total. The average Bonchev–Trinajstić information content (AvgIpc) is 2.82. The van der Waals surface area contributed by atoms with Gasteiger partial charge in [-0.15, -0.1) is 0 Å². The Morgan fingerprint density at radius 1 is 1.06 bits per heavy atom. The third kappa shape index (κ3) is 6.55. The van der Waals surface area contributed by atoms with Crippen molar-refractivity contribution < 1.29 is 31.1 Å². The topological polar surface area (TPSA) is 75.7 Å². The second-order valence-corrected chi connectivity index (χ2v) is 9.43. The predicted octanol–water partition coefficient (Wildman–Crippen LogP) is 5.76. The van der Waals surface area contributed by atoms with Crippen molar-refractivity contribution in [3.63, 3.8) is 0 Å². The maximum absolute atomic E-state index is 13.4. The van der Waals surface area contributed by atoms with E-state index in [-0.39, 0.29) is 16.5 Å². The van der Waals surface area contributed by atoms with Crippen LogP contribution in [-0.4, -0.2) is 27.5 Å². The van der Waals surface area contributed by atoms with Crippen LogP contribution in [0.25, 0.3) is 0 Å². The van der Waals surface area contributed by atoms with Gasteiger partial charge in [0.05, 0.1) is 21.2 Å². The smallest absolute Gasteiger partial charge is 0.416 e. The summed E-state index contributed by atoms with van der Waals surface area (Å²) in [6.45, 7) is 3.01. The summed E-state index contributed by atoms with van der Waals surface area (Å²) in [4.78, 5) is 12.6. The number of benzene rings is 3. The van der Waals surface area contributed by atoms with Crippen LogP contribution in [0.1, 0.15) is 5.56 Å². The van der Waals surface area contributed by atoms with Gasteiger partial charge in [-0.3, -0.25) is 9.10 Å². The lowest BCUT2D eigenvalue weighted by molar-refractivity contribution is -0.137. The molecule has 184 valence electrons. The third-order valence-corrected chi connectivity index (χ3v) is 6.76. The number of carbonyl (C=O) groups excluding carboxylic acids is 1. The van der Waals surface area contributed by atoms with Crippen molar-refractivity contribution in [3.05, 3.63) is 96.0 Å². The minimum atomic E-state index is -4.75. The number of hydrogen-bond acceptors (Lipinski definition) is 4. The lowest BCUT2D eigenvalue weighted by Gasteiger charge is -2.26. The summed E-state index contributed by atoms with van der Waals surface area (Å²) in [7, 11) is -4.45. The van der Waals surface area contributed by atoms with Gasteiger partial charge in [0.1, 0.15) is 18.9 Å². The first kappa shape index (κ1) is 26.1. The van der Waals surface area contributed by atoms with Gasteiger partial charge in [-0.25, -0.2) is 8.42 Å². The summed E-state index contributed by atoms with van der Waals surface area (Å²) in [6, 6.07) is 15.5. The van der Waals surface area contributed by atoms with Gasteiger partial charge in [0.25, 0.3) is 10.0 Å². The molecule has 3 aromatic carbocycles. The number of anilines is 2. The molecule has 6 nitrogen and oxygen atoms in total. The Bertz CT molecular complexity index is 1300. The van der Waals surface area contributed by atoms with E-state index in [0.717, 1.165) is 12.1 Å². The van der Waals surface area contributed by atoms with Crippen molar-refractivity contribution >= 4 is 38.9 Å². The number of nitrogens with one attached hydrogen (secondary N) is 1. The highest BCUT2D eigenvalue weighted by atomic mass is 35.5. The Labute approximate surface area is 205 Å². The molecule has 0 saturated carbocycles. The number of ether oxygens (including phenoxy) is 1. The van der Waals surface area contributed by atoms with Crippen molar-refractivity contribution in [1.82, 2.24) is 0 Å². The predicted molar refractivity (Wildman–Crippen MR) is 128 cm³/mol. The molecule has 11 heteroatoms. The highest BCUT2D eigenvalue weighted by Gasteiger charge is 2.34. The fourth-order valence-corrected chi connectivity index (χ4v) is 4.74. The van der Waals surface area contributed by atoms with E-state index in [9.17, 15) is 26.4 Å². The number of nitrogens with zero attached hydrogens (tertiary/aromatic N) is 1. The van der Waals surface area contributed by atoms with Crippen molar-refractivity contribution in [2.75, 3.05) is 22.8 Å². The molecule has 35 heavy (non-hydrogen) atoms. The maximum atomic E-state index is 13.4. The fourth-order valence-electron chi connectivity index (χ4n) is 3.02. The Hall–Kier alpha value is -3.50. The van der Waals surface area contributed by atoms with E-state index in [0.29, 0.717) is 21.8 Å². The van der Waals surface area contributed by atoms with E-state index in [4.69, 9.17) is 16.3 Å². The van der Waals surface area contributed by atoms with Crippen LogP contribution in [0, 0.1) is 0 Å². The summed E-state index contributed by atoms with van der Waals surface area (Å²) in [6.07, 6.45) is -3.18. The van der Waals surface area contributed by atoms with E-state index in [2.05, 4.69) is 11.9 Å². The molecule has 0 spiro atoms. The van der Waals surface area contributed by atoms with Gasteiger partial charge >= 0.3 is 6.18 Å². The van der Waals surface area contributed by atoms with Gasteiger partial charge in [0.15, 0.2) is 0 Å². The SMILES string of the molecule is C=CCOc1ccc(NC(=O)CN(c2cc(C(F)(F)F)ccc2Cl)S(=O)(=O)c2ccccc2)cc1. The van der Waals surface area contributed by atoms with E-state index >= 15 is 0 Å². The maximum Gasteiger partial charge on any atom is 0.416 e. The van der Waals surface area contributed by atoms with E-state index in [1.54, 1.807) is 24.3 Å². The number of sulfonamides is 1. The molecule has 0 fully saturated rings. The van der Waals surface area contributed by atoms with Gasteiger partial charge in [-0.2, -0.15) is 13.2 Å². The molecular weight excluding hydrogens is 505 g/mol. The van der Waals surface area contributed by atoms with Crippen molar-refractivity contribution in [1.29, 1.82) is 0 Å². The monoisotopic (exact) mass is 524 g/mol. The Morgan fingerprint density at radius 3 is 2.31 bits per heavy atom. The number of carbonyl (C=O) groups is 1.